The molecule has 2 aliphatic rings. The quantitative estimate of drug-likeness (QED) is 0.807. The molecule has 2 aliphatic heterocycles. The van der Waals surface area contributed by atoms with E-state index in [1.165, 1.54) is 5.56 Å². The SMILES string of the molecule is Cc1cc(C(=O)Nc2cc3c(c(N4CCN(C)CC4)c2)OCC3)ccc1Br. The molecule has 27 heavy (non-hydrogen) atoms. The van der Waals surface area contributed by atoms with Gasteiger partial charge < -0.3 is 19.9 Å². The van der Waals surface area contributed by atoms with E-state index < -0.39 is 0 Å². The smallest absolute Gasteiger partial charge is 0.255 e. The highest BCUT2D eigenvalue weighted by atomic mass is 79.9. The molecule has 2 aromatic rings. The number of anilines is 2. The number of benzene rings is 2. The molecule has 0 atom stereocenters. The van der Waals surface area contributed by atoms with Crippen molar-refractivity contribution >= 4 is 33.2 Å². The Balaban J connectivity index is 1.60. The fourth-order valence-electron chi connectivity index (χ4n) is 3.63. The lowest BCUT2D eigenvalue weighted by molar-refractivity contribution is 0.102. The fraction of sp³-hybridized carbons (Fsp3) is 0.381. The normalized spacial score (nSPS) is 16.8. The molecule has 4 rings (SSSR count). The zero-order valence-corrected chi connectivity index (χ0v) is 17.3. The van der Waals surface area contributed by atoms with Crippen LogP contribution >= 0.6 is 15.9 Å². The van der Waals surface area contributed by atoms with Crippen molar-refractivity contribution in [2.45, 2.75) is 13.3 Å². The van der Waals surface area contributed by atoms with E-state index in [0.29, 0.717) is 12.2 Å². The van der Waals surface area contributed by atoms with Crippen LogP contribution < -0.4 is 15.0 Å². The number of aryl methyl sites for hydroxylation is 1. The molecule has 2 heterocycles. The van der Waals surface area contributed by atoms with Crippen LogP contribution in [0.15, 0.2) is 34.8 Å². The molecular weight excluding hydrogens is 406 g/mol. The zero-order valence-electron chi connectivity index (χ0n) is 15.7. The summed E-state index contributed by atoms with van der Waals surface area (Å²) in [5.74, 6) is 0.894. The first kappa shape index (κ1) is 18.3. The van der Waals surface area contributed by atoms with Crippen LogP contribution in [0.4, 0.5) is 11.4 Å². The average Bonchev–Trinajstić information content (AvgIpc) is 3.12. The first-order valence-electron chi connectivity index (χ1n) is 9.32. The molecule has 0 unspecified atom stereocenters. The number of carbonyl (C=O) groups excluding carboxylic acids is 1. The van der Waals surface area contributed by atoms with Crippen molar-refractivity contribution in [2.24, 2.45) is 0 Å². The number of piperazine rings is 1. The average molecular weight is 430 g/mol. The first-order chi connectivity index (χ1) is 13.0. The Morgan fingerprint density at radius 1 is 1.15 bits per heavy atom. The molecular formula is C21H24BrN3O2. The molecule has 142 valence electrons. The van der Waals surface area contributed by atoms with E-state index in [4.69, 9.17) is 4.74 Å². The number of ether oxygens (including phenoxy) is 1. The van der Waals surface area contributed by atoms with Crippen molar-refractivity contribution in [3.05, 3.63) is 51.5 Å². The van der Waals surface area contributed by atoms with E-state index in [1.54, 1.807) is 0 Å². The Hall–Kier alpha value is -2.05. The standard InChI is InChI=1S/C21H24BrN3O2/c1-14-11-16(3-4-18(14)22)21(26)23-17-12-15-5-10-27-20(15)19(13-17)25-8-6-24(2)7-9-25/h3-4,11-13H,5-10H2,1-2H3,(H,23,26). The monoisotopic (exact) mass is 429 g/mol. The maximum absolute atomic E-state index is 12.7. The predicted molar refractivity (Wildman–Crippen MR) is 112 cm³/mol. The molecule has 0 bridgehead atoms. The Morgan fingerprint density at radius 2 is 1.93 bits per heavy atom. The van der Waals surface area contributed by atoms with Crippen molar-refractivity contribution in [1.82, 2.24) is 4.90 Å². The fourth-order valence-corrected chi connectivity index (χ4v) is 3.88. The summed E-state index contributed by atoms with van der Waals surface area (Å²) in [4.78, 5) is 17.4. The van der Waals surface area contributed by atoms with Gasteiger partial charge in [0.25, 0.3) is 5.91 Å². The molecule has 1 amide bonds. The minimum absolute atomic E-state index is 0.0891. The third-order valence-electron chi connectivity index (χ3n) is 5.29. The molecule has 0 spiro atoms. The topological polar surface area (TPSA) is 44.8 Å². The van der Waals surface area contributed by atoms with Crippen LogP contribution in [-0.4, -0.2) is 50.6 Å². The van der Waals surface area contributed by atoms with Gasteiger partial charge in [-0.2, -0.15) is 0 Å². The van der Waals surface area contributed by atoms with Gasteiger partial charge >= 0.3 is 0 Å². The van der Waals surface area contributed by atoms with E-state index in [0.717, 1.165) is 59.8 Å². The highest BCUT2D eigenvalue weighted by molar-refractivity contribution is 9.10. The van der Waals surface area contributed by atoms with E-state index in [9.17, 15) is 4.79 Å². The second kappa shape index (κ2) is 7.52. The summed E-state index contributed by atoms with van der Waals surface area (Å²) in [6, 6.07) is 9.75. The van der Waals surface area contributed by atoms with E-state index in [2.05, 4.69) is 44.2 Å². The number of halogens is 1. The third-order valence-corrected chi connectivity index (χ3v) is 6.18. The van der Waals surface area contributed by atoms with Crippen LogP contribution in [0.2, 0.25) is 0 Å². The molecule has 2 aromatic carbocycles. The number of amides is 1. The first-order valence-corrected chi connectivity index (χ1v) is 10.1. The van der Waals surface area contributed by atoms with Crippen molar-refractivity contribution in [3.63, 3.8) is 0 Å². The summed E-state index contributed by atoms with van der Waals surface area (Å²) in [5, 5.41) is 3.08. The minimum atomic E-state index is -0.0891. The molecule has 1 fully saturated rings. The number of fused-ring (bicyclic) bond motifs is 1. The van der Waals surface area contributed by atoms with Gasteiger partial charge in [0, 0.05) is 53.9 Å². The Labute approximate surface area is 168 Å². The summed E-state index contributed by atoms with van der Waals surface area (Å²) in [6.07, 6.45) is 0.886. The Bertz CT molecular complexity index is 876. The molecule has 0 aromatic heterocycles. The highest BCUT2D eigenvalue weighted by Crippen LogP contribution is 2.39. The zero-order chi connectivity index (χ0) is 19.0. The van der Waals surface area contributed by atoms with Crippen molar-refractivity contribution < 1.29 is 9.53 Å². The van der Waals surface area contributed by atoms with Crippen LogP contribution in [0.5, 0.6) is 5.75 Å². The van der Waals surface area contributed by atoms with Gasteiger partial charge in [0.05, 0.1) is 12.3 Å². The number of hydrogen-bond acceptors (Lipinski definition) is 4. The second-order valence-electron chi connectivity index (χ2n) is 7.29. The minimum Gasteiger partial charge on any atom is -0.491 e. The van der Waals surface area contributed by atoms with Gasteiger partial charge in [-0.1, -0.05) is 15.9 Å². The molecule has 0 aliphatic carbocycles. The molecule has 0 radical (unpaired) electrons. The van der Waals surface area contributed by atoms with Crippen molar-refractivity contribution in [1.29, 1.82) is 0 Å². The molecule has 6 heteroatoms. The number of rotatable bonds is 3. The Kier molecular flexibility index (Phi) is 5.10. The molecule has 1 saturated heterocycles. The van der Waals surface area contributed by atoms with E-state index in [-0.39, 0.29) is 5.91 Å². The number of nitrogens with one attached hydrogen (secondary N) is 1. The lowest BCUT2D eigenvalue weighted by Crippen LogP contribution is -2.44. The number of likely N-dealkylation sites (N-methyl/N-ethyl adjacent to an activating group) is 1. The lowest BCUT2D eigenvalue weighted by atomic mass is 10.1. The largest absolute Gasteiger partial charge is 0.491 e. The molecule has 0 saturated carbocycles. The van der Waals surface area contributed by atoms with Gasteiger partial charge in [0.15, 0.2) is 0 Å². The number of carbonyl (C=O) groups is 1. The van der Waals surface area contributed by atoms with Crippen LogP contribution in [0.3, 0.4) is 0 Å². The summed E-state index contributed by atoms with van der Waals surface area (Å²) < 4.78 is 6.92. The van der Waals surface area contributed by atoms with Gasteiger partial charge in [0.2, 0.25) is 0 Å². The maximum Gasteiger partial charge on any atom is 0.255 e. The molecule has 5 nitrogen and oxygen atoms in total. The van der Waals surface area contributed by atoms with E-state index >= 15 is 0 Å². The summed E-state index contributed by atoms with van der Waals surface area (Å²) in [7, 11) is 2.15. The van der Waals surface area contributed by atoms with Gasteiger partial charge in [-0.25, -0.2) is 0 Å². The summed E-state index contributed by atoms with van der Waals surface area (Å²) in [6.45, 7) is 6.69. The predicted octanol–water partition coefficient (Wildman–Crippen LogP) is 3.70. The van der Waals surface area contributed by atoms with Crippen LogP contribution in [0.25, 0.3) is 0 Å². The number of hydrogen-bond donors (Lipinski definition) is 1. The molecule has 1 N–H and O–H groups in total. The summed E-state index contributed by atoms with van der Waals surface area (Å²) >= 11 is 3.48. The van der Waals surface area contributed by atoms with Crippen molar-refractivity contribution in [3.8, 4) is 5.75 Å². The van der Waals surface area contributed by atoms with Gasteiger partial charge in [-0.3, -0.25) is 4.79 Å². The van der Waals surface area contributed by atoms with E-state index in [1.807, 2.05) is 31.2 Å². The van der Waals surface area contributed by atoms with Crippen LogP contribution in [0.1, 0.15) is 21.5 Å². The van der Waals surface area contributed by atoms with Crippen LogP contribution in [-0.2, 0) is 6.42 Å². The third kappa shape index (κ3) is 3.82. The number of nitrogens with zero attached hydrogens (tertiary/aromatic N) is 2. The van der Waals surface area contributed by atoms with Crippen LogP contribution in [0, 0.1) is 6.92 Å². The van der Waals surface area contributed by atoms with Gasteiger partial charge in [-0.15, -0.1) is 0 Å². The lowest BCUT2D eigenvalue weighted by Gasteiger charge is -2.35. The second-order valence-corrected chi connectivity index (χ2v) is 8.14. The summed E-state index contributed by atoms with van der Waals surface area (Å²) in [5.41, 5.74) is 4.81. The maximum atomic E-state index is 12.7. The van der Waals surface area contributed by atoms with Gasteiger partial charge in [-0.05, 0) is 49.9 Å². The van der Waals surface area contributed by atoms with Crippen molar-refractivity contribution in [2.75, 3.05) is 50.1 Å². The Morgan fingerprint density at radius 3 is 2.67 bits per heavy atom. The highest BCUT2D eigenvalue weighted by Gasteiger charge is 2.24. The van der Waals surface area contributed by atoms with Gasteiger partial charge in [0.1, 0.15) is 5.75 Å².